The molecule has 35 heavy (non-hydrogen) atoms. The molecule has 180 valence electrons. The third-order valence-electron chi connectivity index (χ3n) is 6.82. The number of pyridine rings is 1. The van der Waals surface area contributed by atoms with E-state index in [0.717, 1.165) is 17.7 Å². The Morgan fingerprint density at radius 3 is 2.43 bits per heavy atom. The van der Waals surface area contributed by atoms with Crippen molar-refractivity contribution >= 4 is 11.8 Å². The monoisotopic (exact) mass is 471 g/mol. The summed E-state index contributed by atoms with van der Waals surface area (Å²) < 4.78 is 7.44. The maximum atomic E-state index is 13.7. The number of hydrogen-bond acceptors (Lipinski definition) is 4. The molecule has 7 nitrogen and oxygen atoms in total. The molecule has 3 atom stereocenters. The van der Waals surface area contributed by atoms with Crippen molar-refractivity contribution in [1.82, 2.24) is 14.8 Å². The highest BCUT2D eigenvalue weighted by Gasteiger charge is 2.38. The van der Waals surface area contributed by atoms with E-state index in [9.17, 15) is 14.4 Å². The number of carbonyl (C=O) groups excluding carboxylic acids is 2. The summed E-state index contributed by atoms with van der Waals surface area (Å²) in [6.45, 7) is 1.58. The molecule has 2 bridgehead atoms. The molecule has 2 aromatic carbocycles. The van der Waals surface area contributed by atoms with Crippen LogP contribution in [0.15, 0.2) is 83.7 Å². The Labute approximate surface area is 204 Å². The molecule has 3 heterocycles. The summed E-state index contributed by atoms with van der Waals surface area (Å²) >= 11 is 0. The van der Waals surface area contributed by atoms with Gasteiger partial charge in [0.05, 0.1) is 0 Å². The predicted molar refractivity (Wildman–Crippen MR) is 132 cm³/mol. The highest BCUT2D eigenvalue weighted by Crippen LogP contribution is 2.35. The maximum absolute atomic E-state index is 13.7. The van der Waals surface area contributed by atoms with Crippen molar-refractivity contribution in [3.8, 4) is 5.75 Å². The number of para-hydroxylation sites is 1. The number of amides is 2. The molecule has 2 amide bonds. The summed E-state index contributed by atoms with van der Waals surface area (Å²) in [6, 6.07) is 23.5. The number of rotatable bonds is 7. The molecule has 1 fully saturated rings. The zero-order valence-electron chi connectivity index (χ0n) is 19.5. The number of aromatic nitrogens is 1. The molecule has 5 rings (SSSR count). The molecule has 7 heteroatoms. The van der Waals surface area contributed by atoms with Crippen LogP contribution in [0.3, 0.4) is 0 Å². The average Bonchev–Trinajstić information content (AvgIpc) is 2.88. The Bertz CT molecular complexity index is 1240. The fourth-order valence-electron chi connectivity index (χ4n) is 5.25. The van der Waals surface area contributed by atoms with E-state index in [1.165, 1.54) is 0 Å². The van der Waals surface area contributed by atoms with E-state index in [-0.39, 0.29) is 35.8 Å². The van der Waals surface area contributed by atoms with E-state index in [4.69, 9.17) is 4.74 Å². The van der Waals surface area contributed by atoms with Gasteiger partial charge in [-0.1, -0.05) is 54.6 Å². The minimum Gasteiger partial charge on any atom is -0.484 e. The molecule has 3 aromatic rings. The zero-order valence-corrected chi connectivity index (χ0v) is 19.5. The van der Waals surface area contributed by atoms with Gasteiger partial charge in [-0.3, -0.25) is 14.4 Å². The molecular weight excluding hydrogens is 442 g/mol. The van der Waals surface area contributed by atoms with Crippen molar-refractivity contribution < 1.29 is 14.3 Å². The fraction of sp³-hybridized carbons (Fsp3) is 0.321. The lowest BCUT2D eigenvalue weighted by molar-refractivity contribution is -0.139. The van der Waals surface area contributed by atoms with Crippen LogP contribution in [-0.4, -0.2) is 47.0 Å². The summed E-state index contributed by atoms with van der Waals surface area (Å²) in [4.78, 5) is 40.7. The van der Waals surface area contributed by atoms with Crippen molar-refractivity contribution in [3.63, 3.8) is 0 Å². The summed E-state index contributed by atoms with van der Waals surface area (Å²) in [6.07, 6.45) is 1.37. The minimum atomic E-state index is -0.693. The average molecular weight is 472 g/mol. The van der Waals surface area contributed by atoms with Crippen LogP contribution in [0.25, 0.3) is 0 Å². The molecule has 3 unspecified atom stereocenters. The molecule has 0 aliphatic carbocycles. The van der Waals surface area contributed by atoms with E-state index in [1.807, 2.05) is 64.1 Å². The zero-order chi connectivity index (χ0) is 24.2. The van der Waals surface area contributed by atoms with E-state index >= 15 is 0 Å². The molecule has 2 aliphatic rings. The van der Waals surface area contributed by atoms with Crippen molar-refractivity contribution in [1.29, 1.82) is 0 Å². The summed E-state index contributed by atoms with van der Waals surface area (Å²) in [5.41, 5.74) is 1.99. The van der Waals surface area contributed by atoms with Gasteiger partial charge in [0, 0.05) is 43.7 Å². The van der Waals surface area contributed by atoms with E-state index < -0.39 is 6.04 Å². The van der Waals surface area contributed by atoms with Gasteiger partial charge in [-0.15, -0.1) is 0 Å². The molecule has 1 saturated heterocycles. The fourth-order valence-corrected chi connectivity index (χ4v) is 5.25. The van der Waals surface area contributed by atoms with E-state index in [2.05, 4.69) is 5.32 Å². The SMILES string of the molecule is O=C(COc1ccccc1)NC(Cc1ccccc1)C(=O)N1CC2CC(C1)c1cccc(=O)n1C2. The normalized spacial score (nSPS) is 19.4. The second-order valence-corrected chi connectivity index (χ2v) is 9.35. The minimum absolute atomic E-state index is 0.0182. The van der Waals surface area contributed by atoms with Gasteiger partial charge < -0.3 is 19.5 Å². The van der Waals surface area contributed by atoms with Gasteiger partial charge in [-0.05, 0) is 36.1 Å². The lowest BCUT2D eigenvalue weighted by atomic mass is 9.83. The Balaban J connectivity index is 1.31. The van der Waals surface area contributed by atoms with Crippen LogP contribution in [0.5, 0.6) is 5.75 Å². The number of fused-ring (bicyclic) bond motifs is 4. The number of benzene rings is 2. The summed E-state index contributed by atoms with van der Waals surface area (Å²) in [7, 11) is 0. The van der Waals surface area contributed by atoms with Crippen molar-refractivity contribution in [3.05, 3.63) is 100 Å². The van der Waals surface area contributed by atoms with Crippen LogP contribution in [0.4, 0.5) is 0 Å². The van der Waals surface area contributed by atoms with Crippen LogP contribution in [-0.2, 0) is 22.6 Å². The number of nitrogens with zero attached hydrogens (tertiary/aromatic N) is 2. The number of likely N-dealkylation sites (tertiary alicyclic amines) is 1. The summed E-state index contributed by atoms with van der Waals surface area (Å²) in [5, 5.41) is 2.92. The highest BCUT2D eigenvalue weighted by atomic mass is 16.5. The van der Waals surface area contributed by atoms with Crippen molar-refractivity contribution in [2.45, 2.75) is 31.3 Å². The number of nitrogens with one attached hydrogen (secondary N) is 1. The largest absolute Gasteiger partial charge is 0.484 e. The smallest absolute Gasteiger partial charge is 0.258 e. The second-order valence-electron chi connectivity index (χ2n) is 9.35. The Kier molecular flexibility index (Phi) is 6.66. The Hall–Kier alpha value is -3.87. The number of ether oxygens (including phenoxy) is 1. The molecule has 0 spiro atoms. The van der Waals surface area contributed by atoms with Gasteiger partial charge in [-0.2, -0.15) is 0 Å². The van der Waals surface area contributed by atoms with Gasteiger partial charge in [0.2, 0.25) is 5.91 Å². The predicted octanol–water partition coefficient (Wildman–Crippen LogP) is 2.60. The van der Waals surface area contributed by atoms with Gasteiger partial charge >= 0.3 is 0 Å². The molecule has 0 radical (unpaired) electrons. The maximum Gasteiger partial charge on any atom is 0.258 e. The van der Waals surface area contributed by atoms with Crippen LogP contribution in [0, 0.1) is 5.92 Å². The quantitative estimate of drug-likeness (QED) is 0.575. The first-order valence-electron chi connectivity index (χ1n) is 12.1. The number of piperidine rings is 1. The Morgan fingerprint density at radius 2 is 1.66 bits per heavy atom. The summed E-state index contributed by atoms with van der Waals surface area (Å²) in [5.74, 6) is 0.515. The van der Waals surface area contributed by atoms with Crippen LogP contribution in [0.2, 0.25) is 0 Å². The number of carbonyl (C=O) groups is 2. The first kappa shape index (κ1) is 22.9. The standard InChI is InChI=1S/C28H29N3O4/c32-26(19-35-23-10-5-2-6-11-23)29-24(15-20-8-3-1-4-9-20)28(34)30-16-21-14-22(18-30)25-12-7-13-27(33)31(25)17-21/h1-13,21-22,24H,14-19H2,(H,29,32). The Morgan fingerprint density at radius 1 is 0.914 bits per heavy atom. The molecular formula is C28H29N3O4. The van der Waals surface area contributed by atoms with Crippen LogP contribution < -0.4 is 15.6 Å². The first-order chi connectivity index (χ1) is 17.1. The molecule has 1 N–H and O–H groups in total. The van der Waals surface area contributed by atoms with Gasteiger partial charge in [0.25, 0.3) is 11.5 Å². The van der Waals surface area contributed by atoms with E-state index in [0.29, 0.717) is 31.8 Å². The highest BCUT2D eigenvalue weighted by molar-refractivity contribution is 5.88. The van der Waals surface area contributed by atoms with Gasteiger partial charge in [0.15, 0.2) is 6.61 Å². The van der Waals surface area contributed by atoms with Crippen molar-refractivity contribution in [2.75, 3.05) is 19.7 Å². The third-order valence-corrected chi connectivity index (χ3v) is 6.82. The van der Waals surface area contributed by atoms with Crippen molar-refractivity contribution in [2.24, 2.45) is 5.92 Å². The second kappa shape index (κ2) is 10.2. The molecule has 2 aliphatic heterocycles. The van der Waals surface area contributed by atoms with E-state index in [1.54, 1.807) is 24.3 Å². The van der Waals surface area contributed by atoms with Gasteiger partial charge in [-0.25, -0.2) is 0 Å². The molecule has 0 saturated carbocycles. The first-order valence-corrected chi connectivity index (χ1v) is 12.1. The lowest BCUT2D eigenvalue weighted by Gasteiger charge is -2.43. The lowest BCUT2D eigenvalue weighted by Crippen LogP contribution is -2.56. The number of hydrogen-bond donors (Lipinski definition) is 1. The third kappa shape index (κ3) is 5.29. The molecule has 1 aromatic heterocycles. The van der Waals surface area contributed by atoms with Crippen LogP contribution >= 0.6 is 0 Å². The van der Waals surface area contributed by atoms with Crippen LogP contribution in [0.1, 0.15) is 23.6 Å². The topological polar surface area (TPSA) is 80.6 Å². The van der Waals surface area contributed by atoms with Gasteiger partial charge in [0.1, 0.15) is 11.8 Å².